The van der Waals surface area contributed by atoms with Crippen LogP contribution in [0.4, 0.5) is 0 Å². The molecule has 2 heterocycles. The molecule has 6 heteroatoms. The number of aryl methyl sites for hydroxylation is 1. The summed E-state index contributed by atoms with van der Waals surface area (Å²) in [5.41, 5.74) is 1.25. The largest absolute Gasteiger partial charge is 0.354 e. The molecule has 84 valence electrons. The molecule has 0 aliphatic heterocycles. The Morgan fingerprint density at radius 3 is 3.00 bits per heavy atom. The highest BCUT2D eigenvalue weighted by Gasteiger charge is 2.14. The standard InChI is InChI=1S/C10H11ClN4O/c1-3-15-7(9(16)12-2)4-6-5-13-10(11)14-8(6)15/h4-5H,3H2,1-2H3,(H,12,16). The predicted octanol–water partition coefficient (Wildman–Crippen LogP) is 1.46. The number of hydrogen-bond acceptors (Lipinski definition) is 3. The summed E-state index contributed by atoms with van der Waals surface area (Å²) in [7, 11) is 1.60. The summed E-state index contributed by atoms with van der Waals surface area (Å²) in [4.78, 5) is 19.6. The summed E-state index contributed by atoms with van der Waals surface area (Å²) in [5.74, 6) is -0.143. The molecular weight excluding hydrogens is 228 g/mol. The van der Waals surface area contributed by atoms with Gasteiger partial charge in [-0.2, -0.15) is 4.98 Å². The van der Waals surface area contributed by atoms with E-state index >= 15 is 0 Å². The second-order valence-corrected chi connectivity index (χ2v) is 3.61. The van der Waals surface area contributed by atoms with Crippen LogP contribution in [0.15, 0.2) is 12.3 Å². The van der Waals surface area contributed by atoms with Crippen molar-refractivity contribution in [1.82, 2.24) is 19.9 Å². The van der Waals surface area contributed by atoms with Crippen LogP contribution < -0.4 is 5.32 Å². The molecule has 2 rings (SSSR count). The Morgan fingerprint density at radius 2 is 2.38 bits per heavy atom. The predicted molar refractivity (Wildman–Crippen MR) is 61.6 cm³/mol. The van der Waals surface area contributed by atoms with Gasteiger partial charge in [0.1, 0.15) is 11.3 Å². The van der Waals surface area contributed by atoms with Crippen molar-refractivity contribution in [2.75, 3.05) is 7.05 Å². The van der Waals surface area contributed by atoms with Gasteiger partial charge < -0.3 is 9.88 Å². The van der Waals surface area contributed by atoms with E-state index in [0.29, 0.717) is 17.9 Å². The van der Waals surface area contributed by atoms with E-state index in [-0.39, 0.29) is 11.2 Å². The number of halogens is 1. The molecule has 0 bridgehead atoms. The van der Waals surface area contributed by atoms with E-state index in [1.54, 1.807) is 19.3 Å². The van der Waals surface area contributed by atoms with Gasteiger partial charge in [-0.1, -0.05) is 0 Å². The van der Waals surface area contributed by atoms with Crippen LogP contribution in [-0.2, 0) is 6.54 Å². The smallest absolute Gasteiger partial charge is 0.267 e. The lowest BCUT2D eigenvalue weighted by atomic mass is 10.3. The number of carbonyl (C=O) groups is 1. The Morgan fingerprint density at radius 1 is 1.62 bits per heavy atom. The van der Waals surface area contributed by atoms with Gasteiger partial charge in [0, 0.05) is 25.2 Å². The van der Waals surface area contributed by atoms with Gasteiger partial charge in [-0.05, 0) is 24.6 Å². The zero-order valence-corrected chi connectivity index (χ0v) is 9.75. The third-order valence-corrected chi connectivity index (χ3v) is 2.56. The summed E-state index contributed by atoms with van der Waals surface area (Å²) in [6.45, 7) is 2.60. The second-order valence-electron chi connectivity index (χ2n) is 3.27. The third kappa shape index (κ3) is 1.63. The maximum absolute atomic E-state index is 11.6. The van der Waals surface area contributed by atoms with Crippen molar-refractivity contribution in [3.63, 3.8) is 0 Å². The first-order chi connectivity index (χ1) is 7.67. The zero-order valence-electron chi connectivity index (χ0n) is 8.99. The molecule has 0 aromatic carbocycles. The molecule has 1 N–H and O–H groups in total. The topological polar surface area (TPSA) is 59.8 Å². The van der Waals surface area contributed by atoms with Crippen LogP contribution in [0.1, 0.15) is 17.4 Å². The lowest BCUT2D eigenvalue weighted by Gasteiger charge is -2.05. The number of nitrogens with one attached hydrogen (secondary N) is 1. The van der Waals surface area contributed by atoms with Crippen LogP contribution in [0.5, 0.6) is 0 Å². The third-order valence-electron chi connectivity index (χ3n) is 2.38. The highest BCUT2D eigenvalue weighted by atomic mass is 35.5. The van der Waals surface area contributed by atoms with Crippen molar-refractivity contribution in [2.24, 2.45) is 0 Å². The van der Waals surface area contributed by atoms with E-state index < -0.39 is 0 Å². The first kappa shape index (κ1) is 10.9. The molecule has 16 heavy (non-hydrogen) atoms. The van der Waals surface area contributed by atoms with E-state index in [0.717, 1.165) is 5.39 Å². The summed E-state index contributed by atoms with van der Waals surface area (Å²) in [6.07, 6.45) is 1.61. The Kier molecular flexibility index (Phi) is 2.78. The van der Waals surface area contributed by atoms with Crippen LogP contribution in [0, 0.1) is 0 Å². The second kappa shape index (κ2) is 4.09. The lowest BCUT2D eigenvalue weighted by Crippen LogP contribution is -2.21. The van der Waals surface area contributed by atoms with E-state index in [1.165, 1.54) is 0 Å². The number of amides is 1. The molecule has 0 unspecified atom stereocenters. The van der Waals surface area contributed by atoms with E-state index in [2.05, 4.69) is 15.3 Å². The molecule has 0 aliphatic carbocycles. The normalized spacial score (nSPS) is 10.7. The molecular formula is C10H11ClN4O. The quantitative estimate of drug-likeness (QED) is 0.806. The van der Waals surface area contributed by atoms with Gasteiger partial charge in [0.15, 0.2) is 0 Å². The van der Waals surface area contributed by atoms with Gasteiger partial charge in [0.05, 0.1) is 0 Å². The molecule has 1 amide bonds. The number of carbonyl (C=O) groups excluding carboxylic acids is 1. The van der Waals surface area contributed by atoms with Crippen LogP contribution in [-0.4, -0.2) is 27.5 Å². The van der Waals surface area contributed by atoms with Crippen molar-refractivity contribution >= 4 is 28.5 Å². The van der Waals surface area contributed by atoms with Crippen molar-refractivity contribution in [3.05, 3.63) is 23.2 Å². The first-order valence-electron chi connectivity index (χ1n) is 4.91. The van der Waals surface area contributed by atoms with E-state index in [4.69, 9.17) is 11.6 Å². The van der Waals surface area contributed by atoms with Crippen LogP contribution in [0.2, 0.25) is 5.28 Å². The summed E-state index contributed by atoms with van der Waals surface area (Å²) in [6, 6.07) is 1.76. The summed E-state index contributed by atoms with van der Waals surface area (Å²) >= 11 is 5.73. The number of nitrogens with zero attached hydrogens (tertiary/aromatic N) is 3. The van der Waals surface area contributed by atoms with Crippen molar-refractivity contribution in [3.8, 4) is 0 Å². The average Bonchev–Trinajstić information content (AvgIpc) is 2.65. The van der Waals surface area contributed by atoms with Gasteiger partial charge in [-0.15, -0.1) is 0 Å². The molecule has 0 radical (unpaired) electrons. The van der Waals surface area contributed by atoms with E-state index in [1.807, 2.05) is 11.5 Å². The van der Waals surface area contributed by atoms with Gasteiger partial charge >= 0.3 is 0 Å². The minimum atomic E-state index is -0.143. The highest BCUT2D eigenvalue weighted by molar-refractivity contribution is 6.28. The molecule has 0 saturated carbocycles. The molecule has 0 aliphatic rings. The van der Waals surface area contributed by atoms with Crippen LogP contribution >= 0.6 is 11.6 Å². The van der Waals surface area contributed by atoms with Crippen molar-refractivity contribution in [1.29, 1.82) is 0 Å². The van der Waals surface area contributed by atoms with Gasteiger partial charge in [-0.25, -0.2) is 4.98 Å². The monoisotopic (exact) mass is 238 g/mol. The first-order valence-corrected chi connectivity index (χ1v) is 5.29. The van der Waals surface area contributed by atoms with Crippen LogP contribution in [0.25, 0.3) is 11.0 Å². The Bertz CT molecular complexity index is 549. The molecule has 5 nitrogen and oxygen atoms in total. The SMILES string of the molecule is CCn1c(C(=O)NC)cc2cnc(Cl)nc21. The molecule has 2 aromatic rings. The zero-order chi connectivity index (χ0) is 11.7. The maximum Gasteiger partial charge on any atom is 0.267 e. The van der Waals surface area contributed by atoms with Gasteiger partial charge in [-0.3, -0.25) is 4.79 Å². The minimum Gasteiger partial charge on any atom is -0.354 e. The summed E-state index contributed by atoms with van der Waals surface area (Å²) < 4.78 is 1.81. The Balaban J connectivity index is 2.71. The van der Waals surface area contributed by atoms with Crippen LogP contribution in [0.3, 0.4) is 0 Å². The number of fused-ring (bicyclic) bond motifs is 1. The number of aromatic nitrogens is 3. The maximum atomic E-state index is 11.6. The van der Waals surface area contributed by atoms with Crippen molar-refractivity contribution < 1.29 is 4.79 Å². The molecule has 0 saturated heterocycles. The highest BCUT2D eigenvalue weighted by Crippen LogP contribution is 2.18. The fourth-order valence-electron chi connectivity index (χ4n) is 1.65. The fourth-order valence-corrected chi connectivity index (χ4v) is 1.78. The number of rotatable bonds is 2. The van der Waals surface area contributed by atoms with Gasteiger partial charge in [0.2, 0.25) is 5.28 Å². The Hall–Kier alpha value is -1.62. The molecule has 0 fully saturated rings. The van der Waals surface area contributed by atoms with Gasteiger partial charge in [0.25, 0.3) is 5.91 Å². The molecule has 0 spiro atoms. The average molecular weight is 239 g/mol. The minimum absolute atomic E-state index is 0.143. The van der Waals surface area contributed by atoms with Crippen molar-refractivity contribution in [2.45, 2.75) is 13.5 Å². The number of hydrogen-bond donors (Lipinski definition) is 1. The lowest BCUT2D eigenvalue weighted by molar-refractivity contribution is 0.0954. The molecule has 2 aromatic heterocycles. The van der Waals surface area contributed by atoms with E-state index in [9.17, 15) is 4.79 Å². The Labute approximate surface area is 97.4 Å². The molecule has 0 atom stereocenters. The fraction of sp³-hybridized carbons (Fsp3) is 0.300. The summed E-state index contributed by atoms with van der Waals surface area (Å²) in [5, 5.41) is 3.58.